The summed E-state index contributed by atoms with van der Waals surface area (Å²) in [5, 5.41) is 4.29. The molecule has 0 bridgehead atoms. The van der Waals surface area contributed by atoms with Crippen molar-refractivity contribution < 1.29 is 14.3 Å². The van der Waals surface area contributed by atoms with Crippen LogP contribution in [0.4, 0.5) is 0 Å². The van der Waals surface area contributed by atoms with E-state index in [1.807, 2.05) is 48.5 Å². The van der Waals surface area contributed by atoms with E-state index in [1.165, 1.54) is 0 Å². The zero-order valence-electron chi connectivity index (χ0n) is 21.0. The summed E-state index contributed by atoms with van der Waals surface area (Å²) in [6.45, 7) is 4.79. The summed E-state index contributed by atoms with van der Waals surface area (Å²) in [5.41, 5.74) is 5.35. The number of ether oxygens (including phenoxy) is 2. The van der Waals surface area contributed by atoms with Gasteiger partial charge in [-0.2, -0.15) is 0 Å². The molecular weight excluding hydrogens is 436 g/mol. The Morgan fingerprint density at radius 3 is 2.29 bits per heavy atom. The highest BCUT2D eigenvalue weighted by Gasteiger charge is 2.27. The summed E-state index contributed by atoms with van der Waals surface area (Å²) < 4.78 is 13.1. The van der Waals surface area contributed by atoms with Gasteiger partial charge in [0.2, 0.25) is 5.91 Å². The van der Waals surface area contributed by atoms with Crippen LogP contribution in [0.15, 0.2) is 72.8 Å². The first kappa shape index (κ1) is 24.4. The van der Waals surface area contributed by atoms with Crippen LogP contribution in [0.3, 0.4) is 0 Å². The van der Waals surface area contributed by atoms with E-state index in [1.54, 1.807) is 14.2 Å². The highest BCUT2D eigenvalue weighted by molar-refractivity contribution is 5.95. The maximum atomic E-state index is 13.7. The van der Waals surface area contributed by atoms with Gasteiger partial charge >= 0.3 is 0 Å². The number of carbonyl (C=O) groups excluding carboxylic acids is 1. The number of rotatable bonds is 10. The predicted molar refractivity (Wildman–Crippen MR) is 142 cm³/mol. The van der Waals surface area contributed by atoms with Crippen molar-refractivity contribution in [3.63, 3.8) is 0 Å². The fourth-order valence-electron chi connectivity index (χ4n) is 4.69. The summed E-state index contributed by atoms with van der Waals surface area (Å²) in [7, 11) is 3.35. The molecule has 0 radical (unpaired) electrons. The minimum Gasteiger partial charge on any atom is -0.497 e. The Morgan fingerprint density at radius 2 is 1.63 bits per heavy atom. The van der Waals surface area contributed by atoms with Gasteiger partial charge in [0.1, 0.15) is 17.5 Å². The number of methoxy groups -OCH3 is 2. The van der Waals surface area contributed by atoms with Gasteiger partial charge in [-0.1, -0.05) is 50.1 Å². The van der Waals surface area contributed by atoms with Gasteiger partial charge in [-0.05, 0) is 72.5 Å². The van der Waals surface area contributed by atoms with E-state index in [0.717, 1.165) is 64.0 Å². The van der Waals surface area contributed by atoms with Gasteiger partial charge in [0, 0.05) is 17.4 Å². The molecule has 3 aromatic carbocycles. The van der Waals surface area contributed by atoms with Crippen LogP contribution in [-0.4, -0.2) is 24.7 Å². The smallest absolute Gasteiger partial charge is 0.243 e. The second-order valence-corrected chi connectivity index (χ2v) is 8.82. The number of aromatic nitrogens is 1. The summed E-state index contributed by atoms with van der Waals surface area (Å²) in [6.07, 6.45) is 2.74. The van der Waals surface area contributed by atoms with Crippen molar-refractivity contribution in [2.45, 2.75) is 45.7 Å². The molecule has 35 heavy (non-hydrogen) atoms. The zero-order chi connectivity index (χ0) is 24.8. The fraction of sp³-hybridized carbons (Fsp3) is 0.300. The third kappa shape index (κ3) is 5.19. The fourth-order valence-corrected chi connectivity index (χ4v) is 4.69. The first-order chi connectivity index (χ1) is 17.1. The highest BCUT2D eigenvalue weighted by atomic mass is 16.5. The van der Waals surface area contributed by atoms with Crippen LogP contribution >= 0.6 is 0 Å². The standard InChI is InChI=1S/C30H34N2O3/c1-5-6-12-28(30(33)31-20-22-10-8-7-9-11-22)32-27-18-17-25(35-4)19-26(27)21(2)29(32)23-13-15-24(34-3)16-14-23/h7-11,13-19,28H,5-6,12,20H2,1-4H3,(H,31,33). The van der Waals surface area contributed by atoms with Crippen LogP contribution in [-0.2, 0) is 11.3 Å². The molecule has 0 aliphatic carbocycles. The number of benzene rings is 3. The lowest BCUT2D eigenvalue weighted by molar-refractivity contribution is -0.124. The van der Waals surface area contributed by atoms with Crippen molar-refractivity contribution in [3.8, 4) is 22.8 Å². The van der Waals surface area contributed by atoms with Crippen LogP contribution in [0.1, 0.15) is 43.4 Å². The van der Waals surface area contributed by atoms with Gasteiger partial charge in [0.15, 0.2) is 0 Å². The lowest BCUT2D eigenvalue weighted by Crippen LogP contribution is -2.32. The molecule has 4 aromatic rings. The molecule has 1 amide bonds. The first-order valence-corrected chi connectivity index (χ1v) is 12.2. The largest absolute Gasteiger partial charge is 0.497 e. The number of fused-ring (bicyclic) bond motifs is 1. The number of carbonyl (C=O) groups is 1. The maximum absolute atomic E-state index is 13.7. The molecule has 1 atom stereocenters. The topological polar surface area (TPSA) is 52.5 Å². The zero-order valence-corrected chi connectivity index (χ0v) is 21.0. The molecule has 1 unspecified atom stereocenters. The molecule has 0 saturated carbocycles. The van der Waals surface area contributed by atoms with Crippen molar-refractivity contribution >= 4 is 16.8 Å². The molecule has 5 heteroatoms. The van der Waals surface area contributed by atoms with Crippen molar-refractivity contribution in [2.24, 2.45) is 0 Å². The Labute approximate surface area is 207 Å². The Kier molecular flexibility index (Phi) is 7.76. The molecular formula is C30H34N2O3. The molecule has 0 aliphatic rings. The summed E-state index contributed by atoms with van der Waals surface area (Å²) in [5.74, 6) is 1.64. The van der Waals surface area contributed by atoms with Crippen LogP contribution in [0.2, 0.25) is 0 Å². The molecule has 0 saturated heterocycles. The number of amides is 1. The molecule has 1 N–H and O–H groups in total. The Hall–Kier alpha value is -3.73. The molecule has 0 fully saturated rings. The van der Waals surface area contributed by atoms with Gasteiger partial charge in [-0.3, -0.25) is 4.79 Å². The van der Waals surface area contributed by atoms with E-state index >= 15 is 0 Å². The van der Waals surface area contributed by atoms with E-state index in [9.17, 15) is 4.79 Å². The van der Waals surface area contributed by atoms with Gasteiger partial charge in [0.05, 0.1) is 19.9 Å². The molecule has 1 heterocycles. The predicted octanol–water partition coefficient (Wildman–Crippen LogP) is 6.68. The first-order valence-electron chi connectivity index (χ1n) is 12.2. The molecule has 5 nitrogen and oxygen atoms in total. The maximum Gasteiger partial charge on any atom is 0.243 e. The van der Waals surface area contributed by atoms with Crippen molar-refractivity contribution in [3.05, 3.63) is 83.9 Å². The number of hydrogen-bond acceptors (Lipinski definition) is 3. The van der Waals surface area contributed by atoms with Crippen molar-refractivity contribution in [1.29, 1.82) is 0 Å². The quantitative estimate of drug-likeness (QED) is 0.281. The SMILES string of the molecule is CCCCC(C(=O)NCc1ccccc1)n1c(-c2ccc(OC)cc2)c(C)c2cc(OC)ccc21. The summed E-state index contributed by atoms with van der Waals surface area (Å²) in [4.78, 5) is 13.7. The van der Waals surface area contributed by atoms with Crippen LogP contribution < -0.4 is 14.8 Å². The lowest BCUT2D eigenvalue weighted by atomic mass is 10.0. The molecule has 1 aromatic heterocycles. The number of hydrogen-bond donors (Lipinski definition) is 1. The molecule has 0 spiro atoms. The Balaban J connectivity index is 1.83. The second-order valence-electron chi connectivity index (χ2n) is 8.82. The van der Waals surface area contributed by atoms with E-state index in [0.29, 0.717) is 6.54 Å². The Bertz CT molecular complexity index is 1280. The number of unbranched alkanes of at least 4 members (excludes halogenated alkanes) is 1. The second kappa shape index (κ2) is 11.1. The lowest BCUT2D eigenvalue weighted by Gasteiger charge is -2.23. The highest BCUT2D eigenvalue weighted by Crippen LogP contribution is 2.39. The number of aryl methyl sites for hydroxylation is 1. The van der Waals surface area contributed by atoms with Crippen LogP contribution in [0.25, 0.3) is 22.2 Å². The van der Waals surface area contributed by atoms with Gasteiger partial charge in [0.25, 0.3) is 0 Å². The van der Waals surface area contributed by atoms with E-state index in [2.05, 4.69) is 48.0 Å². The van der Waals surface area contributed by atoms with Crippen LogP contribution in [0.5, 0.6) is 11.5 Å². The normalized spacial score (nSPS) is 11.9. The van der Waals surface area contributed by atoms with Gasteiger partial charge < -0.3 is 19.4 Å². The minimum absolute atomic E-state index is 0.0322. The van der Waals surface area contributed by atoms with Gasteiger partial charge in [-0.15, -0.1) is 0 Å². The number of nitrogens with zero attached hydrogens (tertiary/aromatic N) is 1. The number of nitrogens with one attached hydrogen (secondary N) is 1. The van der Waals surface area contributed by atoms with E-state index < -0.39 is 0 Å². The average molecular weight is 471 g/mol. The Morgan fingerprint density at radius 1 is 0.943 bits per heavy atom. The van der Waals surface area contributed by atoms with Crippen molar-refractivity contribution in [1.82, 2.24) is 9.88 Å². The van der Waals surface area contributed by atoms with E-state index in [-0.39, 0.29) is 11.9 Å². The minimum atomic E-state index is -0.333. The third-order valence-corrected chi connectivity index (χ3v) is 6.58. The average Bonchev–Trinajstić information content (AvgIpc) is 3.19. The van der Waals surface area contributed by atoms with Crippen molar-refractivity contribution in [2.75, 3.05) is 14.2 Å². The van der Waals surface area contributed by atoms with E-state index in [4.69, 9.17) is 9.47 Å². The molecule has 182 valence electrons. The van der Waals surface area contributed by atoms with Gasteiger partial charge in [-0.25, -0.2) is 0 Å². The summed E-state index contributed by atoms with van der Waals surface area (Å²) in [6, 6.07) is 23.9. The third-order valence-electron chi connectivity index (χ3n) is 6.58. The van der Waals surface area contributed by atoms with Crippen LogP contribution in [0, 0.1) is 6.92 Å². The summed E-state index contributed by atoms with van der Waals surface area (Å²) >= 11 is 0. The monoisotopic (exact) mass is 470 g/mol. The molecule has 0 aliphatic heterocycles. The molecule has 4 rings (SSSR count).